The molecule has 0 saturated carbocycles. The molecule has 0 aliphatic rings. The summed E-state index contributed by atoms with van der Waals surface area (Å²) in [6, 6.07) is 5.62. The number of halogens is 1. The average molecular weight is 335 g/mol. The van der Waals surface area contributed by atoms with E-state index in [2.05, 4.69) is 15.9 Å². The number of hydrogen-bond donors (Lipinski definition) is 1. The van der Waals surface area contributed by atoms with Crippen molar-refractivity contribution in [1.29, 1.82) is 0 Å². The van der Waals surface area contributed by atoms with E-state index in [1.165, 1.54) is 0 Å². The third-order valence-corrected chi connectivity index (χ3v) is 5.39. The fourth-order valence-corrected chi connectivity index (χ4v) is 3.71. The molecular formula is C13H19BrO3S. The Bertz CT molecular complexity index is 483. The molecule has 0 heterocycles. The van der Waals surface area contributed by atoms with Crippen LogP contribution in [-0.2, 0) is 15.6 Å². The Balaban J connectivity index is 2.62. The predicted molar refractivity (Wildman–Crippen MR) is 77.3 cm³/mol. The van der Waals surface area contributed by atoms with Gasteiger partial charge in [0.25, 0.3) is 0 Å². The number of rotatable bonds is 7. The molecule has 3 nitrogen and oxygen atoms in total. The second-order valence-electron chi connectivity index (χ2n) is 4.40. The molecule has 1 aromatic carbocycles. The smallest absolute Gasteiger partial charge is 0.154 e. The maximum absolute atomic E-state index is 11.9. The lowest BCUT2D eigenvalue weighted by molar-refractivity contribution is 0.284. The Kier molecular flexibility index (Phi) is 6.32. The molecule has 0 aliphatic carbocycles. The predicted octanol–water partition coefficient (Wildman–Crippen LogP) is 2.83. The summed E-state index contributed by atoms with van der Waals surface area (Å²) in [5, 5.41) is 8.64. The van der Waals surface area contributed by atoms with Crippen molar-refractivity contribution in [2.45, 2.75) is 31.9 Å². The molecule has 1 rings (SSSR count). The summed E-state index contributed by atoms with van der Waals surface area (Å²) in [4.78, 5) is 0. The van der Waals surface area contributed by atoms with Gasteiger partial charge in [0.1, 0.15) is 0 Å². The fraction of sp³-hybridized carbons (Fsp3) is 0.538. The number of sulfone groups is 1. The van der Waals surface area contributed by atoms with Crippen molar-refractivity contribution >= 4 is 25.8 Å². The highest BCUT2D eigenvalue weighted by Crippen LogP contribution is 2.21. The van der Waals surface area contributed by atoms with E-state index in [0.717, 1.165) is 22.0 Å². The molecule has 0 aromatic heterocycles. The number of aliphatic hydroxyl groups is 1. The molecule has 1 N–H and O–H groups in total. The molecule has 0 bridgehead atoms. The van der Waals surface area contributed by atoms with Gasteiger partial charge in [0.15, 0.2) is 9.84 Å². The van der Waals surface area contributed by atoms with E-state index >= 15 is 0 Å². The van der Waals surface area contributed by atoms with Gasteiger partial charge in [-0.25, -0.2) is 8.42 Å². The van der Waals surface area contributed by atoms with E-state index < -0.39 is 9.84 Å². The van der Waals surface area contributed by atoms with Crippen LogP contribution in [0.2, 0.25) is 0 Å². The Morgan fingerprint density at radius 3 is 2.61 bits per heavy atom. The Hall–Kier alpha value is -0.390. The van der Waals surface area contributed by atoms with Gasteiger partial charge in [-0.05, 0) is 37.0 Å². The van der Waals surface area contributed by atoms with Crippen molar-refractivity contribution in [3.63, 3.8) is 0 Å². The topological polar surface area (TPSA) is 54.4 Å². The van der Waals surface area contributed by atoms with Gasteiger partial charge in [0.2, 0.25) is 0 Å². The summed E-state index contributed by atoms with van der Waals surface area (Å²) in [5.74, 6) is 0.288. The number of benzene rings is 1. The van der Waals surface area contributed by atoms with Crippen LogP contribution in [0.3, 0.4) is 0 Å². The highest BCUT2D eigenvalue weighted by Gasteiger charge is 2.13. The maximum atomic E-state index is 11.9. The molecule has 0 saturated heterocycles. The number of unbranched alkanes of at least 4 members (excludes halogenated alkanes) is 2. The molecule has 0 unspecified atom stereocenters. The average Bonchev–Trinajstić information content (AvgIpc) is 2.31. The number of hydrogen-bond acceptors (Lipinski definition) is 3. The van der Waals surface area contributed by atoms with Crippen molar-refractivity contribution in [3.05, 3.63) is 33.8 Å². The van der Waals surface area contributed by atoms with Gasteiger partial charge in [-0.1, -0.05) is 34.5 Å². The van der Waals surface area contributed by atoms with Gasteiger partial charge >= 0.3 is 0 Å². The van der Waals surface area contributed by atoms with E-state index in [1.54, 1.807) is 0 Å². The molecule has 0 atom stereocenters. The summed E-state index contributed by atoms with van der Waals surface area (Å²) >= 11 is 3.40. The molecule has 0 aliphatic heterocycles. The van der Waals surface area contributed by atoms with Crippen LogP contribution in [0.5, 0.6) is 0 Å². The molecule has 5 heteroatoms. The molecule has 102 valence electrons. The summed E-state index contributed by atoms with van der Waals surface area (Å²) in [6.45, 7) is 2.05. The van der Waals surface area contributed by atoms with Crippen LogP contribution in [0.25, 0.3) is 0 Å². The lowest BCUT2D eigenvalue weighted by atomic mass is 10.1. The van der Waals surface area contributed by atoms with E-state index in [4.69, 9.17) is 5.11 Å². The lowest BCUT2D eigenvalue weighted by Crippen LogP contribution is -2.10. The van der Waals surface area contributed by atoms with Gasteiger partial charge < -0.3 is 5.11 Å². The fourth-order valence-electron chi connectivity index (χ4n) is 1.73. The van der Waals surface area contributed by atoms with Crippen molar-refractivity contribution < 1.29 is 13.5 Å². The maximum Gasteiger partial charge on any atom is 0.154 e. The van der Waals surface area contributed by atoms with Gasteiger partial charge in [-0.15, -0.1) is 0 Å². The second kappa shape index (κ2) is 7.26. The molecule has 0 fully saturated rings. The van der Waals surface area contributed by atoms with E-state index in [1.807, 2.05) is 25.1 Å². The van der Waals surface area contributed by atoms with Crippen LogP contribution in [0, 0.1) is 6.92 Å². The van der Waals surface area contributed by atoms with Crippen molar-refractivity contribution in [3.8, 4) is 0 Å². The standard InChI is InChI=1S/C13H19BrO3S/c1-11-12(6-5-7-13(11)14)10-18(16,17)9-4-2-3-8-15/h5-7,15H,2-4,8-10H2,1H3. The van der Waals surface area contributed by atoms with Gasteiger partial charge in [-0.3, -0.25) is 0 Å². The third-order valence-electron chi connectivity index (χ3n) is 2.87. The van der Waals surface area contributed by atoms with E-state index in [-0.39, 0.29) is 18.1 Å². The summed E-state index contributed by atoms with van der Waals surface area (Å²) in [7, 11) is -3.06. The molecule has 0 spiro atoms. The molecule has 1 aromatic rings. The Morgan fingerprint density at radius 1 is 1.22 bits per heavy atom. The Labute approximate surface area is 117 Å². The van der Waals surface area contributed by atoms with E-state index in [0.29, 0.717) is 12.8 Å². The van der Waals surface area contributed by atoms with Crippen LogP contribution in [0.1, 0.15) is 30.4 Å². The second-order valence-corrected chi connectivity index (χ2v) is 7.44. The minimum Gasteiger partial charge on any atom is -0.396 e. The highest BCUT2D eigenvalue weighted by molar-refractivity contribution is 9.10. The first-order valence-electron chi connectivity index (χ1n) is 6.01. The van der Waals surface area contributed by atoms with Gasteiger partial charge in [0.05, 0.1) is 11.5 Å². The van der Waals surface area contributed by atoms with Crippen LogP contribution >= 0.6 is 15.9 Å². The van der Waals surface area contributed by atoms with Crippen molar-refractivity contribution in [1.82, 2.24) is 0 Å². The minimum absolute atomic E-state index is 0.0946. The first kappa shape index (κ1) is 15.7. The molecule has 0 radical (unpaired) electrons. The zero-order chi connectivity index (χ0) is 13.6. The summed E-state index contributed by atoms with van der Waals surface area (Å²) in [6.07, 6.45) is 2.05. The molecule has 18 heavy (non-hydrogen) atoms. The Morgan fingerprint density at radius 2 is 1.94 bits per heavy atom. The van der Waals surface area contributed by atoms with Gasteiger partial charge in [0, 0.05) is 11.1 Å². The van der Waals surface area contributed by atoms with Gasteiger partial charge in [-0.2, -0.15) is 0 Å². The van der Waals surface area contributed by atoms with Crippen LogP contribution in [0.15, 0.2) is 22.7 Å². The third kappa shape index (κ3) is 5.08. The summed E-state index contributed by atoms with van der Waals surface area (Å²) < 4.78 is 24.8. The zero-order valence-electron chi connectivity index (χ0n) is 10.5. The normalized spacial score (nSPS) is 11.7. The quantitative estimate of drug-likeness (QED) is 0.780. The van der Waals surface area contributed by atoms with E-state index in [9.17, 15) is 8.42 Å². The monoisotopic (exact) mass is 334 g/mol. The van der Waals surface area contributed by atoms with Crippen LogP contribution in [0.4, 0.5) is 0 Å². The largest absolute Gasteiger partial charge is 0.396 e. The molecule has 0 amide bonds. The van der Waals surface area contributed by atoms with Crippen molar-refractivity contribution in [2.24, 2.45) is 0 Å². The minimum atomic E-state index is -3.06. The number of aliphatic hydroxyl groups excluding tert-OH is 1. The molecular weight excluding hydrogens is 316 g/mol. The zero-order valence-corrected chi connectivity index (χ0v) is 12.9. The highest BCUT2D eigenvalue weighted by atomic mass is 79.9. The van der Waals surface area contributed by atoms with Crippen LogP contribution in [-0.4, -0.2) is 25.9 Å². The van der Waals surface area contributed by atoms with Crippen molar-refractivity contribution in [2.75, 3.05) is 12.4 Å². The van der Waals surface area contributed by atoms with Crippen LogP contribution < -0.4 is 0 Å². The first-order chi connectivity index (χ1) is 8.46. The lowest BCUT2D eigenvalue weighted by Gasteiger charge is -2.08. The SMILES string of the molecule is Cc1c(Br)cccc1CS(=O)(=O)CCCCCO. The first-order valence-corrected chi connectivity index (χ1v) is 8.63. The summed E-state index contributed by atoms with van der Waals surface area (Å²) in [5.41, 5.74) is 1.84.